The predicted molar refractivity (Wildman–Crippen MR) is 97.0 cm³/mol. The summed E-state index contributed by atoms with van der Waals surface area (Å²) in [5, 5.41) is 9.15. The minimum atomic E-state index is -0.845. The number of piperazine rings is 1. The molecule has 0 bridgehead atoms. The van der Waals surface area contributed by atoms with E-state index in [1.165, 1.54) is 16.9 Å². The fourth-order valence-corrected chi connectivity index (χ4v) is 4.19. The summed E-state index contributed by atoms with van der Waals surface area (Å²) in [5.74, 6) is 0.951. The van der Waals surface area contributed by atoms with Gasteiger partial charge in [-0.1, -0.05) is 0 Å². The summed E-state index contributed by atoms with van der Waals surface area (Å²) < 4.78 is 5.98. The number of rotatable bonds is 4. The van der Waals surface area contributed by atoms with E-state index in [-0.39, 0.29) is 0 Å². The van der Waals surface area contributed by atoms with Crippen LogP contribution in [0.4, 0.5) is 10.6 Å². The number of fused-ring (bicyclic) bond motifs is 1. The fraction of sp³-hybridized carbons (Fsp3) is 0.722. The third-order valence-electron chi connectivity index (χ3n) is 5.82. The molecule has 1 aromatic heterocycles. The molecule has 8 heteroatoms. The first-order chi connectivity index (χ1) is 12.6. The Kier molecular flexibility index (Phi) is 4.84. The number of aromatic nitrogens is 2. The molecule has 0 unspecified atom stereocenters. The lowest BCUT2D eigenvalue weighted by molar-refractivity contribution is 0.142. The Morgan fingerprint density at radius 2 is 1.96 bits per heavy atom. The topological polar surface area (TPSA) is 82.0 Å². The molecule has 142 valence electrons. The number of aryl methyl sites for hydroxylation is 1. The van der Waals surface area contributed by atoms with Crippen LogP contribution in [0, 0.1) is 0 Å². The van der Waals surface area contributed by atoms with Crippen LogP contribution in [0.15, 0.2) is 0 Å². The van der Waals surface area contributed by atoms with Gasteiger partial charge < -0.3 is 24.5 Å². The number of likely N-dealkylation sites (N-methyl/N-ethyl adjacent to an activating group) is 1. The first kappa shape index (κ1) is 17.3. The third-order valence-corrected chi connectivity index (χ3v) is 5.82. The molecule has 2 aliphatic heterocycles. The van der Waals surface area contributed by atoms with Crippen LogP contribution in [0.5, 0.6) is 6.01 Å². The maximum absolute atomic E-state index is 11.1. The number of carbonyl (C=O) groups is 1. The molecule has 0 spiro atoms. The lowest BCUT2D eigenvalue weighted by Gasteiger charge is -2.34. The molecule has 0 aromatic carbocycles. The Hall–Kier alpha value is -2.09. The van der Waals surface area contributed by atoms with Crippen LogP contribution in [0.1, 0.15) is 30.5 Å². The molecule has 1 aromatic rings. The summed E-state index contributed by atoms with van der Waals surface area (Å²) >= 11 is 0. The molecule has 1 atom stereocenters. The first-order valence-electron chi connectivity index (χ1n) is 9.57. The van der Waals surface area contributed by atoms with E-state index in [2.05, 4.69) is 21.8 Å². The van der Waals surface area contributed by atoms with Gasteiger partial charge in [0, 0.05) is 37.8 Å². The third kappa shape index (κ3) is 3.42. The molecular weight excluding hydrogens is 334 g/mol. The van der Waals surface area contributed by atoms with Crippen LogP contribution < -0.4 is 9.64 Å². The smallest absolute Gasteiger partial charge is 0.407 e. The zero-order valence-corrected chi connectivity index (χ0v) is 15.4. The van der Waals surface area contributed by atoms with E-state index in [4.69, 9.17) is 14.8 Å². The number of likely N-dealkylation sites (tertiary alicyclic amines) is 1. The summed E-state index contributed by atoms with van der Waals surface area (Å²) in [4.78, 5) is 26.5. The Balaban J connectivity index is 1.49. The van der Waals surface area contributed by atoms with Gasteiger partial charge in [0.15, 0.2) is 0 Å². The molecule has 1 N–H and O–H groups in total. The van der Waals surface area contributed by atoms with Crippen molar-refractivity contribution in [3.05, 3.63) is 11.3 Å². The monoisotopic (exact) mass is 361 g/mol. The molecular formula is C18H27N5O3. The maximum atomic E-state index is 11.1. The summed E-state index contributed by atoms with van der Waals surface area (Å²) in [7, 11) is 2.14. The van der Waals surface area contributed by atoms with Crippen molar-refractivity contribution in [1.29, 1.82) is 0 Å². The fourth-order valence-electron chi connectivity index (χ4n) is 4.19. The molecule has 26 heavy (non-hydrogen) atoms. The molecule has 3 aliphatic rings. The van der Waals surface area contributed by atoms with Crippen LogP contribution in [0.2, 0.25) is 0 Å². The highest BCUT2D eigenvalue weighted by Crippen LogP contribution is 2.31. The van der Waals surface area contributed by atoms with Gasteiger partial charge in [-0.3, -0.25) is 0 Å². The van der Waals surface area contributed by atoms with Crippen LogP contribution >= 0.6 is 0 Å². The van der Waals surface area contributed by atoms with Crippen LogP contribution in [-0.4, -0.2) is 83.4 Å². The summed E-state index contributed by atoms with van der Waals surface area (Å²) in [6.07, 6.45) is 4.60. The van der Waals surface area contributed by atoms with Crippen LogP contribution in [0.3, 0.4) is 0 Å². The van der Waals surface area contributed by atoms with Gasteiger partial charge in [-0.25, -0.2) is 4.79 Å². The molecule has 2 fully saturated rings. The Labute approximate surface area is 153 Å². The van der Waals surface area contributed by atoms with Gasteiger partial charge in [-0.15, -0.1) is 0 Å². The lowest BCUT2D eigenvalue weighted by atomic mass is 10.2. The van der Waals surface area contributed by atoms with Crippen LogP contribution in [-0.2, 0) is 12.8 Å². The van der Waals surface area contributed by atoms with Crippen LogP contribution in [0.25, 0.3) is 0 Å². The summed E-state index contributed by atoms with van der Waals surface area (Å²) in [6, 6.07) is 0.913. The lowest BCUT2D eigenvalue weighted by Crippen LogP contribution is -2.48. The van der Waals surface area contributed by atoms with Crippen molar-refractivity contribution in [3.63, 3.8) is 0 Å². The molecule has 0 saturated carbocycles. The number of ether oxygens (including phenoxy) is 1. The van der Waals surface area contributed by atoms with E-state index >= 15 is 0 Å². The van der Waals surface area contributed by atoms with Crippen molar-refractivity contribution in [2.24, 2.45) is 0 Å². The van der Waals surface area contributed by atoms with Crippen molar-refractivity contribution >= 4 is 11.9 Å². The number of nitrogens with zero attached hydrogens (tertiary/aromatic N) is 5. The first-order valence-corrected chi connectivity index (χ1v) is 9.57. The van der Waals surface area contributed by atoms with Gasteiger partial charge in [-0.2, -0.15) is 9.97 Å². The number of hydrogen-bond acceptors (Lipinski definition) is 6. The Bertz CT molecular complexity index is 675. The van der Waals surface area contributed by atoms with E-state index in [9.17, 15) is 4.79 Å². The maximum Gasteiger partial charge on any atom is 0.407 e. The average Bonchev–Trinajstić information content (AvgIpc) is 3.28. The number of amides is 1. The second-order valence-electron chi connectivity index (χ2n) is 7.45. The number of carboxylic acid groups (broad SMARTS) is 1. The normalized spacial score (nSPS) is 23.3. The van der Waals surface area contributed by atoms with E-state index in [0.717, 1.165) is 43.7 Å². The Morgan fingerprint density at radius 1 is 1.15 bits per heavy atom. The van der Waals surface area contributed by atoms with Gasteiger partial charge in [0.25, 0.3) is 0 Å². The average molecular weight is 361 g/mol. The van der Waals surface area contributed by atoms with Crippen molar-refractivity contribution in [2.45, 2.75) is 38.1 Å². The van der Waals surface area contributed by atoms with Gasteiger partial charge >= 0.3 is 12.1 Å². The highest BCUT2D eigenvalue weighted by molar-refractivity contribution is 5.65. The standard InChI is InChI=1S/C18H27N5O3/c1-21-7-3-4-13(21)12-26-17-19-15-6-2-5-14(15)16(20-17)22-8-10-23(11-9-22)18(24)25/h13H,2-12H2,1H3,(H,24,25)/t13-/m0/s1. The van der Waals surface area contributed by atoms with E-state index in [1.54, 1.807) is 0 Å². The highest BCUT2D eigenvalue weighted by atomic mass is 16.5. The summed E-state index contributed by atoms with van der Waals surface area (Å²) in [5.41, 5.74) is 2.32. The SMILES string of the molecule is CN1CCC[C@H]1COc1nc2c(c(N3CCN(C(=O)O)CC3)n1)CCC2. The van der Waals surface area contributed by atoms with E-state index < -0.39 is 6.09 Å². The number of anilines is 1. The largest absolute Gasteiger partial charge is 0.465 e. The van der Waals surface area contributed by atoms with E-state index in [1.807, 2.05) is 0 Å². The molecule has 3 heterocycles. The minimum absolute atomic E-state index is 0.439. The Morgan fingerprint density at radius 3 is 2.65 bits per heavy atom. The molecule has 2 saturated heterocycles. The zero-order chi connectivity index (χ0) is 18.1. The zero-order valence-electron chi connectivity index (χ0n) is 15.4. The molecule has 1 amide bonds. The minimum Gasteiger partial charge on any atom is -0.465 e. The molecule has 0 radical (unpaired) electrons. The van der Waals surface area contributed by atoms with Crippen molar-refractivity contribution < 1.29 is 14.6 Å². The van der Waals surface area contributed by atoms with Gasteiger partial charge in [0.1, 0.15) is 12.4 Å². The van der Waals surface area contributed by atoms with Crippen molar-refractivity contribution in [2.75, 3.05) is 51.3 Å². The quantitative estimate of drug-likeness (QED) is 0.864. The number of hydrogen-bond donors (Lipinski definition) is 1. The van der Waals surface area contributed by atoms with Gasteiger partial charge in [-0.05, 0) is 45.7 Å². The second-order valence-corrected chi connectivity index (χ2v) is 7.45. The predicted octanol–water partition coefficient (Wildman–Crippen LogP) is 1.24. The van der Waals surface area contributed by atoms with Gasteiger partial charge in [0.05, 0.1) is 5.69 Å². The van der Waals surface area contributed by atoms with Gasteiger partial charge in [0.2, 0.25) is 0 Å². The molecule has 4 rings (SSSR count). The highest BCUT2D eigenvalue weighted by Gasteiger charge is 2.28. The second kappa shape index (κ2) is 7.26. The molecule has 1 aliphatic carbocycles. The van der Waals surface area contributed by atoms with E-state index in [0.29, 0.717) is 44.8 Å². The van der Waals surface area contributed by atoms with Crippen molar-refractivity contribution in [3.8, 4) is 6.01 Å². The molecule has 8 nitrogen and oxygen atoms in total. The summed E-state index contributed by atoms with van der Waals surface area (Å²) in [6.45, 7) is 4.11. The van der Waals surface area contributed by atoms with Crippen molar-refractivity contribution in [1.82, 2.24) is 19.8 Å².